The van der Waals surface area contributed by atoms with E-state index in [1.54, 1.807) is 13.0 Å². The van der Waals surface area contributed by atoms with Crippen molar-refractivity contribution in [2.45, 2.75) is 32.8 Å². The first-order valence-corrected chi connectivity index (χ1v) is 5.42. The van der Waals surface area contributed by atoms with E-state index in [-0.39, 0.29) is 6.10 Å². The second-order valence-electron chi connectivity index (χ2n) is 3.45. The van der Waals surface area contributed by atoms with Crippen LogP contribution < -0.4 is 5.32 Å². The topological polar surface area (TPSA) is 58.0 Å². The Morgan fingerprint density at radius 2 is 2.27 bits per heavy atom. The molecule has 1 heterocycles. The van der Waals surface area contributed by atoms with E-state index >= 15 is 0 Å². The number of nitrogens with zero attached hydrogens (tertiary/aromatic N) is 2. The van der Waals surface area contributed by atoms with E-state index in [0.717, 1.165) is 12.8 Å². The molecule has 1 rings (SSSR count). The molecular formula is C10H16ClN3O. The number of anilines is 1. The predicted octanol–water partition coefficient (Wildman–Crippen LogP) is 2.01. The number of halogens is 1. The van der Waals surface area contributed by atoms with Gasteiger partial charge in [-0.3, -0.25) is 0 Å². The van der Waals surface area contributed by atoms with Gasteiger partial charge in [0.25, 0.3) is 0 Å². The van der Waals surface area contributed by atoms with E-state index in [1.807, 2.05) is 6.92 Å². The van der Waals surface area contributed by atoms with E-state index in [2.05, 4.69) is 15.3 Å². The van der Waals surface area contributed by atoms with E-state index in [9.17, 15) is 5.11 Å². The summed E-state index contributed by atoms with van der Waals surface area (Å²) in [6.45, 7) is 4.30. The van der Waals surface area contributed by atoms with Gasteiger partial charge in [0.2, 0.25) is 0 Å². The normalized spacial score (nSPS) is 12.5. The Morgan fingerprint density at radius 1 is 1.53 bits per heavy atom. The lowest BCUT2D eigenvalue weighted by Gasteiger charge is -2.11. The third-order valence-electron chi connectivity index (χ3n) is 1.95. The maximum atomic E-state index is 9.51. The number of aliphatic hydroxyl groups excluding tert-OH is 1. The van der Waals surface area contributed by atoms with Crippen molar-refractivity contribution < 1.29 is 5.11 Å². The summed E-state index contributed by atoms with van der Waals surface area (Å²) in [4.78, 5) is 8.10. The van der Waals surface area contributed by atoms with Crippen molar-refractivity contribution in [1.29, 1.82) is 0 Å². The summed E-state index contributed by atoms with van der Waals surface area (Å²) in [5.41, 5.74) is 0. The van der Waals surface area contributed by atoms with Crippen LogP contribution >= 0.6 is 11.6 Å². The molecule has 5 heteroatoms. The number of nitrogens with one attached hydrogen (secondary N) is 1. The van der Waals surface area contributed by atoms with Gasteiger partial charge in [-0.2, -0.15) is 0 Å². The molecule has 0 bridgehead atoms. The SMILES string of the molecule is CCCC(O)CNc1cc(Cl)nc(C)n1. The van der Waals surface area contributed by atoms with Crippen LogP contribution in [0.4, 0.5) is 5.82 Å². The Kier molecular flexibility index (Phi) is 4.78. The maximum Gasteiger partial charge on any atom is 0.134 e. The number of aromatic nitrogens is 2. The first kappa shape index (κ1) is 12.2. The monoisotopic (exact) mass is 229 g/mol. The molecule has 4 nitrogen and oxygen atoms in total. The fourth-order valence-corrected chi connectivity index (χ4v) is 1.51. The Labute approximate surface area is 94.7 Å². The zero-order chi connectivity index (χ0) is 11.3. The second kappa shape index (κ2) is 5.88. The average molecular weight is 230 g/mol. The van der Waals surface area contributed by atoms with Crippen LogP contribution in [-0.4, -0.2) is 27.7 Å². The zero-order valence-electron chi connectivity index (χ0n) is 9.00. The zero-order valence-corrected chi connectivity index (χ0v) is 9.75. The molecule has 1 aromatic heterocycles. The highest BCUT2D eigenvalue weighted by Gasteiger charge is 2.04. The highest BCUT2D eigenvalue weighted by Crippen LogP contribution is 2.11. The minimum absolute atomic E-state index is 0.343. The molecule has 2 N–H and O–H groups in total. The van der Waals surface area contributed by atoms with Gasteiger partial charge in [0.15, 0.2) is 0 Å². The predicted molar refractivity (Wildman–Crippen MR) is 61.2 cm³/mol. The lowest BCUT2D eigenvalue weighted by atomic mass is 10.2. The molecule has 1 atom stereocenters. The summed E-state index contributed by atoms with van der Waals surface area (Å²) in [7, 11) is 0. The smallest absolute Gasteiger partial charge is 0.134 e. The molecule has 0 aliphatic heterocycles. The van der Waals surface area contributed by atoms with Crippen molar-refractivity contribution in [2.24, 2.45) is 0 Å². The van der Waals surface area contributed by atoms with Crippen LogP contribution in [-0.2, 0) is 0 Å². The number of aliphatic hydroxyl groups is 1. The highest BCUT2D eigenvalue weighted by atomic mass is 35.5. The summed E-state index contributed by atoms with van der Waals surface area (Å²) >= 11 is 5.77. The molecule has 0 fully saturated rings. The van der Waals surface area contributed by atoms with Crippen LogP contribution in [0.25, 0.3) is 0 Å². The van der Waals surface area contributed by atoms with Gasteiger partial charge in [-0.25, -0.2) is 9.97 Å². The molecule has 84 valence electrons. The number of rotatable bonds is 5. The molecule has 15 heavy (non-hydrogen) atoms. The standard InChI is InChI=1S/C10H16ClN3O/c1-3-4-8(15)6-12-10-5-9(11)13-7(2)14-10/h5,8,15H,3-4,6H2,1-2H3,(H,12,13,14). The summed E-state index contributed by atoms with van der Waals surface area (Å²) < 4.78 is 0. The molecule has 0 aromatic carbocycles. The van der Waals surface area contributed by atoms with Crippen LogP contribution in [0.1, 0.15) is 25.6 Å². The van der Waals surface area contributed by atoms with Gasteiger partial charge >= 0.3 is 0 Å². The summed E-state index contributed by atoms with van der Waals surface area (Å²) in [5, 5.41) is 12.9. The lowest BCUT2D eigenvalue weighted by molar-refractivity contribution is 0.176. The van der Waals surface area contributed by atoms with Gasteiger partial charge in [0, 0.05) is 12.6 Å². The van der Waals surface area contributed by atoms with E-state index in [0.29, 0.717) is 23.3 Å². The molecule has 0 saturated carbocycles. The fourth-order valence-electron chi connectivity index (χ4n) is 1.28. The third-order valence-corrected chi connectivity index (χ3v) is 2.14. The lowest BCUT2D eigenvalue weighted by Crippen LogP contribution is -2.19. The van der Waals surface area contributed by atoms with Crippen molar-refractivity contribution in [3.63, 3.8) is 0 Å². The van der Waals surface area contributed by atoms with Gasteiger partial charge < -0.3 is 10.4 Å². The average Bonchev–Trinajstić information content (AvgIpc) is 2.14. The maximum absolute atomic E-state index is 9.51. The summed E-state index contributed by atoms with van der Waals surface area (Å²) in [6, 6.07) is 1.65. The fraction of sp³-hybridized carbons (Fsp3) is 0.600. The third kappa shape index (κ3) is 4.44. The minimum Gasteiger partial charge on any atom is -0.391 e. The second-order valence-corrected chi connectivity index (χ2v) is 3.83. The minimum atomic E-state index is -0.343. The Hall–Kier alpha value is -0.870. The Balaban J connectivity index is 2.50. The molecule has 0 saturated heterocycles. The van der Waals surface area contributed by atoms with Crippen molar-refractivity contribution >= 4 is 17.4 Å². The van der Waals surface area contributed by atoms with Crippen molar-refractivity contribution in [3.05, 3.63) is 17.0 Å². The summed E-state index contributed by atoms with van der Waals surface area (Å²) in [5.74, 6) is 1.28. The molecule has 0 aliphatic rings. The first-order chi connectivity index (χ1) is 7.11. The van der Waals surface area contributed by atoms with Gasteiger partial charge in [-0.1, -0.05) is 24.9 Å². The van der Waals surface area contributed by atoms with Gasteiger partial charge in [-0.15, -0.1) is 0 Å². The van der Waals surface area contributed by atoms with Gasteiger partial charge in [-0.05, 0) is 13.3 Å². The largest absolute Gasteiger partial charge is 0.391 e. The summed E-state index contributed by atoms with van der Waals surface area (Å²) in [6.07, 6.45) is 1.40. The van der Waals surface area contributed by atoms with Crippen LogP contribution in [0.15, 0.2) is 6.07 Å². The van der Waals surface area contributed by atoms with Gasteiger partial charge in [0.05, 0.1) is 6.10 Å². The highest BCUT2D eigenvalue weighted by molar-refractivity contribution is 6.29. The number of hydrogen-bond acceptors (Lipinski definition) is 4. The molecule has 1 aromatic rings. The van der Waals surface area contributed by atoms with E-state index in [4.69, 9.17) is 11.6 Å². The molecule has 0 radical (unpaired) electrons. The Bertz CT molecular complexity index is 299. The molecule has 0 amide bonds. The van der Waals surface area contributed by atoms with E-state index < -0.39 is 0 Å². The quantitative estimate of drug-likeness (QED) is 0.759. The van der Waals surface area contributed by atoms with Gasteiger partial charge in [0.1, 0.15) is 16.8 Å². The molecular weight excluding hydrogens is 214 g/mol. The van der Waals surface area contributed by atoms with Crippen molar-refractivity contribution in [3.8, 4) is 0 Å². The number of hydrogen-bond donors (Lipinski definition) is 2. The van der Waals surface area contributed by atoms with Crippen LogP contribution in [0.5, 0.6) is 0 Å². The molecule has 0 spiro atoms. The van der Waals surface area contributed by atoms with Crippen molar-refractivity contribution in [1.82, 2.24) is 9.97 Å². The van der Waals surface area contributed by atoms with Crippen molar-refractivity contribution in [2.75, 3.05) is 11.9 Å². The van der Waals surface area contributed by atoms with Crippen LogP contribution in [0.3, 0.4) is 0 Å². The van der Waals surface area contributed by atoms with E-state index in [1.165, 1.54) is 0 Å². The molecule has 1 unspecified atom stereocenters. The number of aryl methyl sites for hydroxylation is 1. The first-order valence-electron chi connectivity index (χ1n) is 5.05. The molecule has 0 aliphatic carbocycles. The van der Waals surface area contributed by atoms with Crippen LogP contribution in [0, 0.1) is 6.92 Å². The van der Waals surface area contributed by atoms with Crippen LogP contribution in [0.2, 0.25) is 5.15 Å². The Morgan fingerprint density at radius 3 is 2.87 bits per heavy atom.